The Morgan fingerprint density at radius 2 is 1.52 bits per heavy atom. The van der Waals surface area contributed by atoms with Gasteiger partial charge in [0.2, 0.25) is 0 Å². The molecule has 44 heavy (non-hydrogen) atoms. The lowest BCUT2D eigenvalue weighted by Crippen LogP contribution is -2.14. The SMILES string of the molecule is C1=CC2=CC=CC(c3ccc4c(c3)c3ccccc3n4-c3cc4c5c(cccc5c3)-c3nc(-c5ccccc5)sc3-4)C2C=C1. The van der Waals surface area contributed by atoms with Gasteiger partial charge in [-0.15, -0.1) is 11.3 Å². The second-order valence-corrected chi connectivity index (χ2v) is 12.9. The van der Waals surface area contributed by atoms with Crippen LogP contribution in [0.3, 0.4) is 0 Å². The molecule has 0 radical (unpaired) electrons. The molecule has 0 amide bonds. The molecule has 10 rings (SSSR count). The van der Waals surface area contributed by atoms with Crippen LogP contribution in [-0.2, 0) is 0 Å². The molecule has 0 bridgehead atoms. The Bertz CT molecular complexity index is 2450. The molecule has 3 aliphatic rings. The van der Waals surface area contributed by atoms with E-state index >= 15 is 0 Å². The molecule has 0 saturated heterocycles. The van der Waals surface area contributed by atoms with Crippen LogP contribution in [0.15, 0.2) is 151 Å². The molecule has 3 heteroatoms. The van der Waals surface area contributed by atoms with Crippen LogP contribution in [0.25, 0.3) is 70.5 Å². The van der Waals surface area contributed by atoms with E-state index in [2.05, 4.69) is 150 Å². The van der Waals surface area contributed by atoms with Gasteiger partial charge in [-0.25, -0.2) is 4.98 Å². The van der Waals surface area contributed by atoms with Gasteiger partial charge in [-0.1, -0.05) is 115 Å². The van der Waals surface area contributed by atoms with Crippen molar-refractivity contribution in [3.63, 3.8) is 0 Å². The van der Waals surface area contributed by atoms with Crippen molar-refractivity contribution in [2.75, 3.05) is 0 Å². The summed E-state index contributed by atoms with van der Waals surface area (Å²) in [6.45, 7) is 0. The normalized spacial score (nSPS) is 17.9. The summed E-state index contributed by atoms with van der Waals surface area (Å²) >= 11 is 1.80. The largest absolute Gasteiger partial charge is 0.309 e. The van der Waals surface area contributed by atoms with E-state index < -0.39 is 0 Å². The molecule has 7 aromatic rings. The number of allylic oxidation sites excluding steroid dienone is 8. The fourth-order valence-electron chi connectivity index (χ4n) is 7.57. The lowest BCUT2D eigenvalue weighted by Gasteiger charge is -2.28. The third-order valence-electron chi connectivity index (χ3n) is 9.55. The zero-order valence-electron chi connectivity index (χ0n) is 23.8. The van der Waals surface area contributed by atoms with E-state index in [-0.39, 0.29) is 0 Å². The van der Waals surface area contributed by atoms with Gasteiger partial charge in [-0.2, -0.15) is 0 Å². The van der Waals surface area contributed by atoms with Crippen LogP contribution in [0.1, 0.15) is 11.5 Å². The first kappa shape index (κ1) is 24.2. The van der Waals surface area contributed by atoms with Crippen LogP contribution in [0.4, 0.5) is 0 Å². The molecular weight excluding hydrogens is 553 g/mol. The van der Waals surface area contributed by atoms with Gasteiger partial charge in [0.05, 0.1) is 21.6 Å². The third kappa shape index (κ3) is 3.39. The van der Waals surface area contributed by atoms with Crippen molar-refractivity contribution in [3.05, 3.63) is 157 Å². The Kier molecular flexibility index (Phi) is 5.02. The van der Waals surface area contributed by atoms with Crippen LogP contribution >= 0.6 is 11.3 Å². The number of nitrogens with zero attached hydrogens (tertiary/aromatic N) is 2. The molecule has 2 aromatic heterocycles. The van der Waals surface area contributed by atoms with Gasteiger partial charge in [-0.05, 0) is 52.2 Å². The van der Waals surface area contributed by atoms with E-state index in [9.17, 15) is 0 Å². The number of thiazole rings is 1. The Balaban J connectivity index is 1.17. The summed E-state index contributed by atoms with van der Waals surface area (Å²) in [4.78, 5) is 6.44. The Labute approximate surface area is 259 Å². The van der Waals surface area contributed by atoms with Crippen LogP contribution < -0.4 is 0 Å². The van der Waals surface area contributed by atoms with Crippen LogP contribution in [0.2, 0.25) is 0 Å². The number of benzene rings is 5. The number of fused-ring (bicyclic) bond motifs is 7. The molecule has 0 N–H and O–H groups in total. The zero-order chi connectivity index (χ0) is 28.8. The number of hydrogen-bond donors (Lipinski definition) is 0. The summed E-state index contributed by atoms with van der Waals surface area (Å²) in [5.41, 5.74) is 11.2. The van der Waals surface area contributed by atoms with Crippen molar-refractivity contribution in [2.45, 2.75) is 5.92 Å². The van der Waals surface area contributed by atoms with E-state index in [0.717, 1.165) is 10.7 Å². The average Bonchev–Trinajstić information content (AvgIpc) is 3.75. The highest BCUT2D eigenvalue weighted by molar-refractivity contribution is 7.19. The smallest absolute Gasteiger partial charge is 0.124 e. The second-order valence-electron chi connectivity index (χ2n) is 11.9. The standard InChI is InChI=1S/C41H26N2S/c1-2-11-26(12-3-1)41-42-39-33-18-9-14-28-22-29(24-35(38(28)33)40(39)44-41)43-36-19-7-6-16-32(36)34-23-27(20-21-37(34)43)31-17-8-13-25-10-4-5-15-30(25)31/h1-24,30-31H. The van der Waals surface area contributed by atoms with Gasteiger partial charge in [-0.3, -0.25) is 0 Å². The van der Waals surface area contributed by atoms with Crippen molar-refractivity contribution in [1.82, 2.24) is 9.55 Å². The van der Waals surface area contributed by atoms with Gasteiger partial charge in [0.25, 0.3) is 0 Å². The molecule has 5 aromatic carbocycles. The van der Waals surface area contributed by atoms with Gasteiger partial charge in [0, 0.05) is 45.0 Å². The van der Waals surface area contributed by atoms with Crippen LogP contribution in [0.5, 0.6) is 0 Å². The van der Waals surface area contributed by atoms with Crippen molar-refractivity contribution >= 4 is 43.9 Å². The first-order valence-corrected chi connectivity index (χ1v) is 16.0. The fourth-order valence-corrected chi connectivity index (χ4v) is 8.68. The topological polar surface area (TPSA) is 17.8 Å². The lowest BCUT2D eigenvalue weighted by molar-refractivity contribution is 0.671. The first-order valence-electron chi connectivity index (χ1n) is 15.2. The maximum Gasteiger partial charge on any atom is 0.124 e. The van der Waals surface area contributed by atoms with Gasteiger partial charge >= 0.3 is 0 Å². The monoisotopic (exact) mass is 578 g/mol. The van der Waals surface area contributed by atoms with Crippen LogP contribution in [0, 0.1) is 5.92 Å². The van der Waals surface area contributed by atoms with Crippen molar-refractivity contribution in [1.29, 1.82) is 0 Å². The number of rotatable bonds is 3. The van der Waals surface area contributed by atoms with E-state index in [1.807, 2.05) is 0 Å². The average molecular weight is 579 g/mol. The Hall–Kier alpha value is -5.25. The predicted octanol–water partition coefficient (Wildman–Crippen LogP) is 11.0. The molecule has 0 saturated carbocycles. The molecule has 3 aliphatic carbocycles. The number of aromatic nitrogens is 2. The quantitative estimate of drug-likeness (QED) is 0.204. The molecule has 2 unspecified atom stereocenters. The molecule has 0 aliphatic heterocycles. The maximum absolute atomic E-state index is 5.17. The lowest BCUT2D eigenvalue weighted by atomic mass is 9.76. The van der Waals surface area contributed by atoms with Crippen molar-refractivity contribution < 1.29 is 0 Å². The Morgan fingerprint density at radius 1 is 0.659 bits per heavy atom. The number of hydrogen-bond acceptors (Lipinski definition) is 2. The zero-order valence-corrected chi connectivity index (χ0v) is 24.6. The van der Waals surface area contributed by atoms with E-state index in [1.54, 1.807) is 11.3 Å². The molecule has 0 spiro atoms. The van der Waals surface area contributed by atoms with E-state index in [4.69, 9.17) is 4.98 Å². The van der Waals surface area contributed by atoms with E-state index in [0.29, 0.717) is 11.8 Å². The third-order valence-corrected chi connectivity index (χ3v) is 10.7. The van der Waals surface area contributed by atoms with Crippen molar-refractivity contribution in [2.24, 2.45) is 5.92 Å². The Morgan fingerprint density at radius 3 is 2.48 bits per heavy atom. The number of para-hydroxylation sites is 1. The predicted molar refractivity (Wildman–Crippen MR) is 186 cm³/mol. The highest BCUT2D eigenvalue weighted by atomic mass is 32.1. The summed E-state index contributed by atoms with van der Waals surface area (Å²) in [5, 5.41) is 6.23. The highest BCUT2D eigenvalue weighted by Gasteiger charge is 2.28. The maximum atomic E-state index is 5.17. The minimum atomic E-state index is 0.325. The molecule has 2 atom stereocenters. The molecule has 206 valence electrons. The van der Waals surface area contributed by atoms with Crippen LogP contribution in [-0.4, -0.2) is 9.55 Å². The second kappa shape index (κ2) is 9.12. The molecule has 2 nitrogen and oxygen atoms in total. The summed E-state index contributed by atoms with van der Waals surface area (Å²) in [5.74, 6) is 0.704. The molecule has 0 fully saturated rings. The van der Waals surface area contributed by atoms with Gasteiger partial charge in [0.1, 0.15) is 5.01 Å². The summed E-state index contributed by atoms with van der Waals surface area (Å²) in [6.07, 6.45) is 15.7. The van der Waals surface area contributed by atoms with Gasteiger partial charge in [0.15, 0.2) is 0 Å². The van der Waals surface area contributed by atoms with E-state index in [1.165, 1.54) is 71.0 Å². The minimum Gasteiger partial charge on any atom is -0.309 e. The minimum absolute atomic E-state index is 0.325. The van der Waals surface area contributed by atoms with Gasteiger partial charge < -0.3 is 4.57 Å². The fraction of sp³-hybridized carbons (Fsp3) is 0.0488. The van der Waals surface area contributed by atoms with Crippen molar-refractivity contribution in [3.8, 4) is 38.0 Å². The highest BCUT2D eigenvalue weighted by Crippen LogP contribution is 2.52. The summed E-state index contributed by atoms with van der Waals surface area (Å²) in [7, 11) is 0. The molecular formula is C41H26N2S. The molecule has 2 heterocycles. The summed E-state index contributed by atoms with van der Waals surface area (Å²) < 4.78 is 2.46. The summed E-state index contributed by atoms with van der Waals surface area (Å²) in [6, 6.07) is 37.9. The first-order chi connectivity index (χ1) is 21.8.